The minimum Gasteiger partial charge on any atom is -0.0654 e. The molecule has 6 atom stereocenters. The van der Waals surface area contributed by atoms with E-state index in [1.807, 2.05) is 0 Å². The molecule has 0 rings (SSSR count). The maximum Gasteiger partial charge on any atom is -0.0363 e. The SMILES string of the molecule is CCCCC(C(C)CCCCC(CC)CC(C)C)C(C)CC(CC)C(C)CC. The van der Waals surface area contributed by atoms with Crippen LogP contribution in [0.1, 0.15) is 139 Å². The van der Waals surface area contributed by atoms with E-state index in [9.17, 15) is 0 Å². The first-order chi connectivity index (χ1) is 13.3. The predicted octanol–water partition coefficient (Wildman–Crippen LogP) is 10.2. The molecule has 0 heterocycles. The summed E-state index contributed by atoms with van der Waals surface area (Å²) in [5.74, 6) is 6.38. The highest BCUT2D eigenvalue weighted by Gasteiger charge is 2.26. The van der Waals surface area contributed by atoms with Crippen LogP contribution in [0.3, 0.4) is 0 Å². The Bertz CT molecular complexity index is 331. The highest BCUT2D eigenvalue weighted by atomic mass is 14.3. The van der Waals surface area contributed by atoms with E-state index in [2.05, 4.69) is 62.3 Å². The van der Waals surface area contributed by atoms with Crippen molar-refractivity contribution in [2.75, 3.05) is 0 Å². The number of unbranched alkanes of at least 4 members (excludes halogenated alkanes) is 2. The van der Waals surface area contributed by atoms with E-state index in [0.717, 1.165) is 41.4 Å². The van der Waals surface area contributed by atoms with Crippen LogP contribution in [-0.4, -0.2) is 0 Å². The van der Waals surface area contributed by atoms with Crippen molar-refractivity contribution in [3.8, 4) is 0 Å². The molecule has 0 aromatic carbocycles. The molecule has 0 aliphatic heterocycles. The Balaban J connectivity index is 4.60. The molecule has 0 fully saturated rings. The molecule has 0 aromatic rings. The summed E-state index contributed by atoms with van der Waals surface area (Å²) in [6.07, 6.45) is 17.0. The van der Waals surface area contributed by atoms with E-state index in [1.165, 1.54) is 77.0 Å². The third-order valence-electron chi connectivity index (χ3n) is 7.90. The lowest BCUT2D eigenvalue weighted by atomic mass is 9.72. The van der Waals surface area contributed by atoms with Crippen molar-refractivity contribution < 1.29 is 0 Å². The Morgan fingerprint density at radius 3 is 1.68 bits per heavy atom. The molecule has 0 aliphatic carbocycles. The van der Waals surface area contributed by atoms with Gasteiger partial charge in [0.1, 0.15) is 0 Å². The fourth-order valence-corrected chi connectivity index (χ4v) is 5.63. The van der Waals surface area contributed by atoms with Gasteiger partial charge in [-0.2, -0.15) is 0 Å². The Morgan fingerprint density at radius 1 is 0.536 bits per heavy atom. The lowest BCUT2D eigenvalue weighted by Crippen LogP contribution is -2.24. The first-order valence-corrected chi connectivity index (χ1v) is 13.3. The largest absolute Gasteiger partial charge is 0.0654 e. The van der Waals surface area contributed by atoms with E-state index in [1.54, 1.807) is 0 Å². The standard InChI is InChI=1S/C28H58/c1-10-14-19-28(25(9)21-27(13-4)23(7)11-2)24(8)17-15-16-18-26(12-3)20-22(5)6/h22-28H,10-21H2,1-9H3. The second-order valence-electron chi connectivity index (χ2n) is 10.7. The van der Waals surface area contributed by atoms with E-state index < -0.39 is 0 Å². The van der Waals surface area contributed by atoms with E-state index >= 15 is 0 Å². The van der Waals surface area contributed by atoms with Crippen LogP contribution < -0.4 is 0 Å². The predicted molar refractivity (Wildman–Crippen MR) is 131 cm³/mol. The molecule has 0 radical (unpaired) electrons. The lowest BCUT2D eigenvalue weighted by Gasteiger charge is -2.34. The van der Waals surface area contributed by atoms with Gasteiger partial charge in [-0.1, -0.05) is 120 Å². The van der Waals surface area contributed by atoms with Crippen LogP contribution in [0.25, 0.3) is 0 Å². The summed E-state index contributed by atoms with van der Waals surface area (Å²) in [6.45, 7) is 21.9. The Hall–Kier alpha value is 0. The fraction of sp³-hybridized carbons (Fsp3) is 1.00. The lowest BCUT2D eigenvalue weighted by molar-refractivity contribution is 0.166. The molecule has 28 heavy (non-hydrogen) atoms. The van der Waals surface area contributed by atoms with Crippen LogP contribution in [0, 0.1) is 41.4 Å². The first kappa shape index (κ1) is 28.0. The summed E-state index contributed by atoms with van der Waals surface area (Å²) < 4.78 is 0. The zero-order chi connectivity index (χ0) is 21.5. The summed E-state index contributed by atoms with van der Waals surface area (Å²) in [4.78, 5) is 0. The molecular formula is C28H58. The Kier molecular flexibility index (Phi) is 16.8. The Labute approximate surface area is 181 Å². The number of hydrogen-bond donors (Lipinski definition) is 0. The average molecular weight is 395 g/mol. The van der Waals surface area contributed by atoms with Crippen LogP contribution in [0.2, 0.25) is 0 Å². The van der Waals surface area contributed by atoms with E-state index in [0.29, 0.717) is 0 Å². The van der Waals surface area contributed by atoms with Crippen molar-refractivity contribution in [1.82, 2.24) is 0 Å². The monoisotopic (exact) mass is 394 g/mol. The van der Waals surface area contributed by atoms with Crippen molar-refractivity contribution in [3.05, 3.63) is 0 Å². The fourth-order valence-electron chi connectivity index (χ4n) is 5.63. The van der Waals surface area contributed by atoms with Crippen molar-refractivity contribution in [3.63, 3.8) is 0 Å². The maximum atomic E-state index is 2.58. The van der Waals surface area contributed by atoms with Gasteiger partial charge in [-0.25, -0.2) is 0 Å². The third kappa shape index (κ3) is 11.9. The van der Waals surface area contributed by atoms with Crippen LogP contribution in [0.5, 0.6) is 0 Å². The topological polar surface area (TPSA) is 0 Å². The summed E-state index contributed by atoms with van der Waals surface area (Å²) in [5, 5.41) is 0. The zero-order valence-corrected chi connectivity index (χ0v) is 21.5. The summed E-state index contributed by atoms with van der Waals surface area (Å²) >= 11 is 0. The molecule has 0 amide bonds. The normalized spacial score (nSPS) is 18.6. The van der Waals surface area contributed by atoms with Gasteiger partial charge in [-0.05, 0) is 60.7 Å². The Morgan fingerprint density at radius 2 is 1.18 bits per heavy atom. The highest BCUT2D eigenvalue weighted by molar-refractivity contribution is 4.77. The van der Waals surface area contributed by atoms with Crippen molar-refractivity contribution in [2.45, 2.75) is 139 Å². The second kappa shape index (κ2) is 16.8. The molecule has 0 aromatic heterocycles. The van der Waals surface area contributed by atoms with Gasteiger partial charge in [0.25, 0.3) is 0 Å². The molecule has 0 saturated carbocycles. The number of hydrogen-bond acceptors (Lipinski definition) is 0. The van der Waals surface area contributed by atoms with Crippen LogP contribution in [-0.2, 0) is 0 Å². The molecular weight excluding hydrogens is 336 g/mol. The molecule has 0 heteroatoms. The summed E-state index contributed by atoms with van der Waals surface area (Å²) in [5.41, 5.74) is 0. The van der Waals surface area contributed by atoms with Crippen LogP contribution in [0.15, 0.2) is 0 Å². The molecule has 170 valence electrons. The van der Waals surface area contributed by atoms with Gasteiger partial charge in [0.2, 0.25) is 0 Å². The van der Waals surface area contributed by atoms with Gasteiger partial charge in [-0.15, -0.1) is 0 Å². The van der Waals surface area contributed by atoms with E-state index in [-0.39, 0.29) is 0 Å². The molecule has 0 saturated heterocycles. The van der Waals surface area contributed by atoms with Gasteiger partial charge in [0.15, 0.2) is 0 Å². The van der Waals surface area contributed by atoms with Gasteiger partial charge in [0.05, 0.1) is 0 Å². The van der Waals surface area contributed by atoms with Crippen LogP contribution in [0.4, 0.5) is 0 Å². The van der Waals surface area contributed by atoms with Gasteiger partial charge >= 0.3 is 0 Å². The van der Waals surface area contributed by atoms with E-state index in [4.69, 9.17) is 0 Å². The summed E-state index contributed by atoms with van der Waals surface area (Å²) in [7, 11) is 0. The number of rotatable bonds is 18. The molecule has 0 spiro atoms. The molecule has 0 aliphatic rings. The molecule has 0 bridgehead atoms. The average Bonchev–Trinajstić information content (AvgIpc) is 2.67. The zero-order valence-electron chi connectivity index (χ0n) is 21.5. The summed E-state index contributed by atoms with van der Waals surface area (Å²) in [6, 6.07) is 0. The minimum absolute atomic E-state index is 0.861. The quantitative estimate of drug-likeness (QED) is 0.203. The maximum absolute atomic E-state index is 2.58. The van der Waals surface area contributed by atoms with Gasteiger partial charge in [-0.3, -0.25) is 0 Å². The minimum atomic E-state index is 0.861. The molecule has 6 unspecified atom stereocenters. The first-order valence-electron chi connectivity index (χ1n) is 13.3. The molecule has 0 nitrogen and oxygen atoms in total. The second-order valence-corrected chi connectivity index (χ2v) is 10.7. The third-order valence-corrected chi connectivity index (χ3v) is 7.90. The van der Waals surface area contributed by atoms with Gasteiger partial charge in [0, 0.05) is 0 Å². The van der Waals surface area contributed by atoms with Gasteiger partial charge < -0.3 is 0 Å². The van der Waals surface area contributed by atoms with Crippen molar-refractivity contribution >= 4 is 0 Å². The van der Waals surface area contributed by atoms with Crippen LogP contribution >= 0.6 is 0 Å². The molecule has 0 N–H and O–H groups in total. The van der Waals surface area contributed by atoms with Crippen molar-refractivity contribution in [2.24, 2.45) is 41.4 Å². The smallest absolute Gasteiger partial charge is 0.0363 e. The highest BCUT2D eigenvalue weighted by Crippen LogP contribution is 2.36. The van der Waals surface area contributed by atoms with Crippen molar-refractivity contribution in [1.29, 1.82) is 0 Å².